The summed E-state index contributed by atoms with van der Waals surface area (Å²) < 4.78 is 11.6. The third kappa shape index (κ3) is 2.97. The molecule has 1 amide bonds. The van der Waals surface area contributed by atoms with E-state index in [4.69, 9.17) is 9.47 Å². The van der Waals surface area contributed by atoms with Crippen LogP contribution in [0.1, 0.15) is 49.8 Å². The highest BCUT2D eigenvalue weighted by atomic mass is 35.5. The van der Waals surface area contributed by atoms with Crippen molar-refractivity contribution in [3.63, 3.8) is 0 Å². The lowest BCUT2D eigenvalue weighted by atomic mass is 9.71. The Hall–Kier alpha value is -1.46. The number of rotatable bonds is 2. The summed E-state index contributed by atoms with van der Waals surface area (Å²) in [5, 5.41) is 3.00. The minimum absolute atomic E-state index is 0. The maximum atomic E-state index is 12.7. The number of hydrogen-bond donors (Lipinski definition) is 1. The van der Waals surface area contributed by atoms with Crippen molar-refractivity contribution >= 4 is 18.3 Å². The number of amides is 1. The van der Waals surface area contributed by atoms with Crippen LogP contribution in [-0.2, 0) is 10.2 Å². The summed E-state index contributed by atoms with van der Waals surface area (Å²) in [4.78, 5) is 14.7. The summed E-state index contributed by atoms with van der Waals surface area (Å²) in [6.45, 7) is 4.54. The second-order valence-corrected chi connectivity index (χ2v) is 7.30. The van der Waals surface area contributed by atoms with Crippen LogP contribution in [0.15, 0.2) is 12.1 Å². The first-order valence-corrected chi connectivity index (χ1v) is 9.03. The van der Waals surface area contributed by atoms with Gasteiger partial charge < -0.3 is 19.7 Å². The fourth-order valence-corrected chi connectivity index (χ4v) is 4.66. The van der Waals surface area contributed by atoms with E-state index in [1.165, 1.54) is 24.0 Å². The second kappa shape index (κ2) is 7.04. The summed E-state index contributed by atoms with van der Waals surface area (Å²) in [7, 11) is 1.83. The van der Waals surface area contributed by atoms with Crippen LogP contribution in [0.5, 0.6) is 11.5 Å². The normalized spacial score (nSPS) is 23.1. The third-order valence-electron chi connectivity index (χ3n) is 5.89. The van der Waals surface area contributed by atoms with E-state index in [0.717, 1.165) is 30.9 Å². The number of carbonyl (C=O) groups is 1. The molecule has 1 N–H and O–H groups in total. The molecule has 6 heteroatoms. The molecular formula is C19H27ClN2O3. The molecule has 0 aromatic heterocycles. The zero-order chi connectivity index (χ0) is 16.7. The highest BCUT2D eigenvalue weighted by Crippen LogP contribution is 2.51. The van der Waals surface area contributed by atoms with Gasteiger partial charge in [-0.15, -0.1) is 12.4 Å². The Balaban J connectivity index is 0.00000182. The SMILES string of the molecule is CNCC(=O)N1CC2(CCCC2)c2cc3c(cc2C1C)OCCO3.Cl. The summed E-state index contributed by atoms with van der Waals surface area (Å²) in [5.74, 6) is 1.87. The van der Waals surface area contributed by atoms with E-state index < -0.39 is 0 Å². The van der Waals surface area contributed by atoms with E-state index in [2.05, 4.69) is 29.3 Å². The highest BCUT2D eigenvalue weighted by molar-refractivity contribution is 5.85. The average Bonchev–Trinajstić information content (AvgIpc) is 3.06. The molecule has 25 heavy (non-hydrogen) atoms. The molecule has 0 saturated heterocycles. The number of ether oxygens (including phenoxy) is 2. The number of hydrogen-bond acceptors (Lipinski definition) is 4. The number of nitrogens with zero attached hydrogens (tertiary/aromatic N) is 1. The highest BCUT2D eigenvalue weighted by Gasteiger charge is 2.46. The Morgan fingerprint density at radius 3 is 2.52 bits per heavy atom. The van der Waals surface area contributed by atoms with Gasteiger partial charge in [0, 0.05) is 12.0 Å². The quantitative estimate of drug-likeness (QED) is 0.874. The van der Waals surface area contributed by atoms with Crippen LogP contribution < -0.4 is 14.8 Å². The predicted molar refractivity (Wildman–Crippen MR) is 98.9 cm³/mol. The molecule has 0 radical (unpaired) electrons. The van der Waals surface area contributed by atoms with Crippen molar-refractivity contribution in [1.29, 1.82) is 0 Å². The molecule has 1 unspecified atom stereocenters. The molecule has 4 rings (SSSR count). The topological polar surface area (TPSA) is 50.8 Å². The van der Waals surface area contributed by atoms with E-state index in [1.54, 1.807) is 0 Å². The number of halogens is 1. The van der Waals surface area contributed by atoms with Gasteiger partial charge in [0.1, 0.15) is 13.2 Å². The molecule has 0 bridgehead atoms. The van der Waals surface area contributed by atoms with Gasteiger partial charge >= 0.3 is 0 Å². The summed E-state index contributed by atoms with van der Waals surface area (Å²) in [5.41, 5.74) is 2.70. The van der Waals surface area contributed by atoms with Crippen LogP contribution in [0, 0.1) is 0 Å². The van der Waals surface area contributed by atoms with Crippen LogP contribution in [0.4, 0.5) is 0 Å². The maximum Gasteiger partial charge on any atom is 0.237 e. The Morgan fingerprint density at radius 2 is 1.88 bits per heavy atom. The van der Waals surface area contributed by atoms with Crippen LogP contribution >= 0.6 is 12.4 Å². The van der Waals surface area contributed by atoms with Crippen molar-refractivity contribution in [3.05, 3.63) is 23.3 Å². The van der Waals surface area contributed by atoms with Crippen molar-refractivity contribution in [2.45, 2.75) is 44.1 Å². The molecule has 1 aromatic rings. The zero-order valence-electron chi connectivity index (χ0n) is 15.0. The first kappa shape index (κ1) is 18.3. The largest absolute Gasteiger partial charge is 0.486 e. The van der Waals surface area contributed by atoms with Gasteiger partial charge in [-0.05, 0) is 50.1 Å². The molecule has 1 aliphatic carbocycles. The molecule has 138 valence electrons. The molecule has 5 nitrogen and oxygen atoms in total. The van der Waals surface area contributed by atoms with E-state index >= 15 is 0 Å². The lowest BCUT2D eigenvalue weighted by Crippen LogP contribution is -2.50. The number of fused-ring (bicyclic) bond motifs is 3. The molecule has 1 spiro atoms. The molecule has 1 fully saturated rings. The van der Waals surface area contributed by atoms with Crippen molar-refractivity contribution in [2.24, 2.45) is 0 Å². The number of nitrogens with one attached hydrogen (secondary N) is 1. The number of carbonyl (C=O) groups excluding carboxylic acids is 1. The first-order valence-electron chi connectivity index (χ1n) is 9.03. The van der Waals surface area contributed by atoms with Crippen molar-refractivity contribution in [3.8, 4) is 11.5 Å². The van der Waals surface area contributed by atoms with E-state index in [0.29, 0.717) is 19.8 Å². The molecular weight excluding hydrogens is 340 g/mol. The van der Waals surface area contributed by atoms with Gasteiger partial charge in [-0.1, -0.05) is 12.8 Å². The first-order chi connectivity index (χ1) is 11.6. The van der Waals surface area contributed by atoms with Crippen molar-refractivity contribution in [1.82, 2.24) is 10.2 Å². The number of benzene rings is 1. The standard InChI is InChI=1S/C19H26N2O3.ClH/c1-13-14-9-16-17(24-8-7-23-16)10-15(14)19(5-3-4-6-19)12-21(13)18(22)11-20-2;/h9-10,13,20H,3-8,11-12H2,1-2H3;1H. The molecule has 1 atom stereocenters. The third-order valence-corrected chi connectivity index (χ3v) is 5.89. The van der Waals surface area contributed by atoms with Crippen LogP contribution in [0.3, 0.4) is 0 Å². The fourth-order valence-electron chi connectivity index (χ4n) is 4.66. The lowest BCUT2D eigenvalue weighted by molar-refractivity contribution is -0.134. The van der Waals surface area contributed by atoms with Gasteiger partial charge in [0.2, 0.25) is 5.91 Å². The second-order valence-electron chi connectivity index (χ2n) is 7.30. The Kier molecular flexibility index (Phi) is 5.16. The monoisotopic (exact) mass is 366 g/mol. The van der Waals surface area contributed by atoms with Crippen LogP contribution in [0.2, 0.25) is 0 Å². The van der Waals surface area contributed by atoms with E-state index in [9.17, 15) is 4.79 Å². The Morgan fingerprint density at radius 1 is 1.24 bits per heavy atom. The van der Waals surface area contributed by atoms with Crippen molar-refractivity contribution < 1.29 is 14.3 Å². The smallest absolute Gasteiger partial charge is 0.237 e. The summed E-state index contributed by atoms with van der Waals surface area (Å²) >= 11 is 0. The van der Waals surface area contributed by atoms with Crippen LogP contribution in [0.25, 0.3) is 0 Å². The zero-order valence-corrected chi connectivity index (χ0v) is 15.8. The number of likely N-dealkylation sites (N-methyl/N-ethyl adjacent to an activating group) is 1. The predicted octanol–water partition coefficient (Wildman–Crippen LogP) is 2.81. The maximum absolute atomic E-state index is 12.7. The van der Waals surface area contributed by atoms with E-state index in [-0.39, 0.29) is 29.8 Å². The summed E-state index contributed by atoms with van der Waals surface area (Å²) in [6, 6.07) is 4.39. The van der Waals surface area contributed by atoms with Gasteiger partial charge in [-0.3, -0.25) is 4.79 Å². The molecule has 3 aliphatic rings. The molecule has 2 heterocycles. The van der Waals surface area contributed by atoms with Gasteiger partial charge in [0.15, 0.2) is 11.5 Å². The van der Waals surface area contributed by atoms with Gasteiger partial charge in [-0.25, -0.2) is 0 Å². The molecule has 1 aromatic carbocycles. The lowest BCUT2D eigenvalue weighted by Gasteiger charge is -2.46. The molecule has 2 aliphatic heterocycles. The van der Waals surface area contributed by atoms with Crippen molar-refractivity contribution in [2.75, 3.05) is 33.4 Å². The fraction of sp³-hybridized carbons (Fsp3) is 0.632. The van der Waals surface area contributed by atoms with Crippen LogP contribution in [-0.4, -0.2) is 44.2 Å². The Labute approximate surface area is 155 Å². The van der Waals surface area contributed by atoms with E-state index in [1.807, 2.05) is 7.05 Å². The van der Waals surface area contributed by atoms with Gasteiger partial charge in [-0.2, -0.15) is 0 Å². The van der Waals surface area contributed by atoms with Gasteiger partial charge in [0.25, 0.3) is 0 Å². The molecule has 1 saturated carbocycles. The van der Waals surface area contributed by atoms with Gasteiger partial charge in [0.05, 0.1) is 12.6 Å². The average molecular weight is 367 g/mol. The summed E-state index contributed by atoms with van der Waals surface area (Å²) in [6.07, 6.45) is 4.76. The minimum Gasteiger partial charge on any atom is -0.486 e. The minimum atomic E-state index is 0. The Bertz CT molecular complexity index is 658.